The molecule has 0 aromatic heterocycles. The number of carbonyl (C=O) groups is 1. The third-order valence-electron chi connectivity index (χ3n) is 8.37. The molecule has 8 atom stereocenters. The molecular weight excluding hydrogens is 300 g/mol. The maximum absolute atomic E-state index is 12.2. The Bertz CT molecular complexity index is 627. The third kappa shape index (κ3) is 2.13. The lowest BCUT2D eigenvalue weighted by atomic mass is 9.46. The lowest BCUT2D eigenvalue weighted by Crippen LogP contribution is -2.56. The number of ketones is 1. The SMILES string of the molecule is [2H][C@]1(O)CC[C@@]2(C)C(=CCC3C2[C@@H](O)C[C@@]2(C)C3CC[C@@H]2C(C)=O)C1. The molecule has 0 aromatic carbocycles. The number of hydrogen-bond donors (Lipinski definition) is 2. The van der Waals surface area contributed by atoms with Gasteiger partial charge < -0.3 is 10.2 Å². The molecule has 3 unspecified atom stereocenters. The van der Waals surface area contributed by atoms with Crippen molar-refractivity contribution in [2.24, 2.45) is 34.5 Å². The van der Waals surface area contributed by atoms with Gasteiger partial charge >= 0.3 is 0 Å². The van der Waals surface area contributed by atoms with Gasteiger partial charge in [-0.1, -0.05) is 25.5 Å². The van der Waals surface area contributed by atoms with Crippen molar-refractivity contribution < 1.29 is 16.4 Å². The van der Waals surface area contributed by atoms with Crippen LogP contribution in [0.15, 0.2) is 11.6 Å². The van der Waals surface area contributed by atoms with Gasteiger partial charge in [0.15, 0.2) is 0 Å². The average Bonchev–Trinajstić information content (AvgIpc) is 2.84. The highest BCUT2D eigenvalue weighted by molar-refractivity contribution is 5.79. The van der Waals surface area contributed by atoms with Crippen molar-refractivity contribution in [2.75, 3.05) is 0 Å². The van der Waals surface area contributed by atoms with Crippen LogP contribution in [0.5, 0.6) is 0 Å². The van der Waals surface area contributed by atoms with Gasteiger partial charge in [0.2, 0.25) is 0 Å². The van der Waals surface area contributed by atoms with Crippen molar-refractivity contribution in [3.8, 4) is 0 Å². The van der Waals surface area contributed by atoms with Crippen LogP contribution < -0.4 is 0 Å². The topological polar surface area (TPSA) is 57.5 Å². The van der Waals surface area contributed by atoms with Gasteiger partial charge in [0.1, 0.15) is 5.78 Å². The van der Waals surface area contributed by atoms with Gasteiger partial charge in [-0.2, -0.15) is 0 Å². The van der Waals surface area contributed by atoms with Crippen LogP contribution in [0, 0.1) is 34.5 Å². The smallest absolute Gasteiger partial charge is 0.133 e. The number of fused-ring (bicyclic) bond motifs is 5. The van der Waals surface area contributed by atoms with Crippen molar-refractivity contribution in [1.82, 2.24) is 0 Å². The van der Waals surface area contributed by atoms with Crippen molar-refractivity contribution in [2.45, 2.75) is 77.9 Å². The molecule has 3 heteroatoms. The Hall–Kier alpha value is -0.670. The molecule has 0 spiro atoms. The molecule has 4 aliphatic rings. The van der Waals surface area contributed by atoms with Crippen molar-refractivity contribution >= 4 is 5.78 Å². The number of rotatable bonds is 1. The monoisotopic (exact) mass is 333 g/mol. The van der Waals surface area contributed by atoms with Gasteiger partial charge in [-0.25, -0.2) is 0 Å². The fraction of sp³-hybridized carbons (Fsp3) is 0.857. The molecule has 4 rings (SSSR count). The highest BCUT2D eigenvalue weighted by Gasteiger charge is 2.62. The van der Waals surface area contributed by atoms with Crippen LogP contribution in [0.3, 0.4) is 0 Å². The second kappa shape index (κ2) is 5.41. The maximum atomic E-state index is 12.2. The first kappa shape index (κ1) is 15.6. The van der Waals surface area contributed by atoms with Gasteiger partial charge in [-0.15, -0.1) is 0 Å². The first-order valence-corrected chi connectivity index (χ1v) is 9.69. The second-order valence-corrected chi connectivity index (χ2v) is 9.44. The molecule has 0 bridgehead atoms. The number of aliphatic hydroxyl groups is 2. The molecular formula is C21H32O3. The molecule has 0 radical (unpaired) electrons. The maximum Gasteiger partial charge on any atom is 0.133 e. The largest absolute Gasteiger partial charge is 0.393 e. The standard InChI is InChI=1S/C21H32O3/c1-12(22)16-6-7-17-15-5-4-13-10-14(23)8-9-20(13,2)19(15)18(24)11-21(16,17)3/h4,14-19,23-24H,5-11H2,1-3H3/t14-,15?,16+,17?,18-,19?,20-,21+/m0/s1/i14D. The summed E-state index contributed by atoms with van der Waals surface area (Å²) in [6, 6.07) is 0. The van der Waals surface area contributed by atoms with E-state index in [-0.39, 0.29) is 28.4 Å². The van der Waals surface area contributed by atoms with E-state index in [4.69, 9.17) is 1.37 Å². The highest BCUT2D eigenvalue weighted by Crippen LogP contribution is 2.66. The Labute approximate surface area is 146 Å². The van der Waals surface area contributed by atoms with Gasteiger partial charge in [-0.3, -0.25) is 4.79 Å². The quantitative estimate of drug-likeness (QED) is 0.722. The zero-order chi connectivity index (χ0) is 18.2. The molecule has 0 aliphatic heterocycles. The van der Waals surface area contributed by atoms with E-state index in [1.807, 2.05) is 0 Å². The Balaban J connectivity index is 1.71. The van der Waals surface area contributed by atoms with Crippen LogP contribution in [-0.4, -0.2) is 28.2 Å². The van der Waals surface area contributed by atoms with Crippen LogP contribution in [-0.2, 0) is 4.79 Å². The van der Waals surface area contributed by atoms with Crippen molar-refractivity contribution in [3.05, 3.63) is 11.6 Å². The van der Waals surface area contributed by atoms with E-state index < -0.39 is 12.2 Å². The molecule has 4 aliphatic carbocycles. The third-order valence-corrected chi connectivity index (χ3v) is 8.37. The average molecular weight is 333 g/mol. The van der Waals surface area contributed by atoms with Crippen LogP contribution in [0.2, 0.25) is 0 Å². The van der Waals surface area contributed by atoms with Gasteiger partial charge in [0, 0.05) is 5.92 Å². The zero-order valence-corrected chi connectivity index (χ0v) is 15.2. The van der Waals surface area contributed by atoms with Crippen LogP contribution >= 0.6 is 0 Å². The highest BCUT2D eigenvalue weighted by atomic mass is 16.3. The minimum absolute atomic E-state index is 0.0705. The molecule has 3 nitrogen and oxygen atoms in total. The molecule has 0 saturated heterocycles. The summed E-state index contributed by atoms with van der Waals surface area (Å²) in [5, 5.41) is 21.4. The summed E-state index contributed by atoms with van der Waals surface area (Å²) >= 11 is 0. The summed E-state index contributed by atoms with van der Waals surface area (Å²) in [5.41, 5.74) is 1.01. The lowest BCUT2D eigenvalue weighted by molar-refractivity contribution is -0.140. The molecule has 0 amide bonds. The predicted molar refractivity (Wildman–Crippen MR) is 93.3 cm³/mol. The summed E-state index contributed by atoms with van der Waals surface area (Å²) < 4.78 is 8.06. The van der Waals surface area contributed by atoms with Crippen LogP contribution in [0.25, 0.3) is 0 Å². The Morgan fingerprint density at radius 1 is 1.29 bits per heavy atom. The minimum Gasteiger partial charge on any atom is -0.393 e. The first-order valence-electron chi connectivity index (χ1n) is 10.2. The molecule has 2 N–H and O–H groups in total. The molecule has 0 heterocycles. The van der Waals surface area contributed by atoms with E-state index in [1.165, 1.54) is 5.57 Å². The fourth-order valence-corrected chi connectivity index (χ4v) is 7.29. The van der Waals surface area contributed by atoms with E-state index >= 15 is 0 Å². The van der Waals surface area contributed by atoms with Crippen molar-refractivity contribution in [1.29, 1.82) is 0 Å². The molecule has 24 heavy (non-hydrogen) atoms. The number of hydrogen-bond acceptors (Lipinski definition) is 3. The number of carbonyl (C=O) groups excluding carboxylic acids is 1. The summed E-state index contributed by atoms with van der Waals surface area (Å²) in [7, 11) is 0. The molecule has 134 valence electrons. The minimum atomic E-state index is -1.35. The Morgan fingerprint density at radius 3 is 2.75 bits per heavy atom. The second-order valence-electron chi connectivity index (χ2n) is 9.44. The lowest BCUT2D eigenvalue weighted by Gasteiger charge is -2.59. The van der Waals surface area contributed by atoms with E-state index in [0.29, 0.717) is 24.7 Å². The molecule has 3 fully saturated rings. The van der Waals surface area contributed by atoms with E-state index in [2.05, 4.69) is 19.9 Å². The van der Waals surface area contributed by atoms with E-state index in [1.54, 1.807) is 6.92 Å². The first-order chi connectivity index (χ1) is 11.6. The van der Waals surface area contributed by atoms with Crippen LogP contribution in [0.1, 0.15) is 67.1 Å². The van der Waals surface area contributed by atoms with Gasteiger partial charge in [-0.05, 0) is 80.5 Å². The van der Waals surface area contributed by atoms with Crippen molar-refractivity contribution in [3.63, 3.8) is 0 Å². The fourth-order valence-electron chi connectivity index (χ4n) is 7.29. The Kier molecular flexibility index (Phi) is 3.51. The van der Waals surface area contributed by atoms with Gasteiger partial charge in [0.05, 0.1) is 13.6 Å². The summed E-state index contributed by atoms with van der Waals surface area (Å²) in [5.74, 6) is 1.50. The molecule has 0 aromatic rings. The number of aliphatic hydroxyl groups excluding tert-OH is 1. The Morgan fingerprint density at radius 2 is 2.04 bits per heavy atom. The normalized spacial score (nSPS) is 57.3. The summed E-state index contributed by atoms with van der Waals surface area (Å²) in [6.07, 6.45) is 5.89. The predicted octanol–water partition coefficient (Wildman–Crippen LogP) is 3.49. The number of allylic oxidation sites excluding steroid dienone is 1. The number of Topliss-reactive ketones (excluding diaryl/α,β-unsaturated/α-hetero) is 1. The summed E-state index contributed by atoms with van der Waals surface area (Å²) in [4.78, 5) is 12.2. The molecule has 3 saturated carbocycles. The van der Waals surface area contributed by atoms with Crippen LogP contribution in [0.4, 0.5) is 0 Å². The zero-order valence-electron chi connectivity index (χ0n) is 16.2. The van der Waals surface area contributed by atoms with E-state index in [9.17, 15) is 15.0 Å². The van der Waals surface area contributed by atoms with Gasteiger partial charge in [0.25, 0.3) is 0 Å². The van der Waals surface area contributed by atoms with E-state index in [0.717, 1.165) is 32.1 Å². The summed E-state index contributed by atoms with van der Waals surface area (Å²) in [6.45, 7) is 6.20.